The maximum absolute atomic E-state index is 8.66. The molecule has 0 aromatic heterocycles. The summed E-state index contributed by atoms with van der Waals surface area (Å²) in [6, 6.07) is 4.88. The molecule has 0 aliphatic carbocycles. The second kappa shape index (κ2) is 6.32. The lowest BCUT2D eigenvalue weighted by Gasteiger charge is -2.14. The van der Waals surface area contributed by atoms with E-state index in [1.54, 1.807) is 25.3 Å². The standard InChI is InChI=1S/C11H15ClN2O3/c1-7(16-2)6-17-10-5-8(12)3-4-9(10)11(13)14-15/h3-5,7,15H,6H2,1-2H3,(H2,13,14). The molecule has 0 amide bonds. The number of ether oxygens (including phenoxy) is 2. The van der Waals surface area contributed by atoms with Crippen LogP contribution in [0.15, 0.2) is 23.4 Å². The fraction of sp³-hybridized carbons (Fsp3) is 0.364. The third-order valence-corrected chi connectivity index (χ3v) is 2.44. The molecule has 0 bridgehead atoms. The fourth-order valence-electron chi connectivity index (χ4n) is 1.16. The fourth-order valence-corrected chi connectivity index (χ4v) is 1.32. The highest BCUT2D eigenvalue weighted by Gasteiger charge is 2.10. The van der Waals surface area contributed by atoms with Crippen LogP contribution in [-0.4, -0.2) is 30.9 Å². The number of halogens is 1. The molecule has 0 saturated heterocycles. The molecule has 0 saturated carbocycles. The zero-order chi connectivity index (χ0) is 12.8. The molecule has 3 N–H and O–H groups in total. The molecule has 1 aromatic rings. The highest BCUT2D eigenvalue weighted by molar-refractivity contribution is 6.30. The van der Waals surface area contributed by atoms with Crippen LogP contribution in [0.25, 0.3) is 0 Å². The lowest BCUT2D eigenvalue weighted by molar-refractivity contribution is 0.0716. The van der Waals surface area contributed by atoms with Crippen molar-refractivity contribution in [1.82, 2.24) is 0 Å². The van der Waals surface area contributed by atoms with Crippen molar-refractivity contribution in [2.24, 2.45) is 10.9 Å². The van der Waals surface area contributed by atoms with E-state index in [9.17, 15) is 0 Å². The van der Waals surface area contributed by atoms with Crippen molar-refractivity contribution in [3.05, 3.63) is 28.8 Å². The normalized spacial score (nSPS) is 13.5. The first-order valence-electron chi connectivity index (χ1n) is 5.01. The van der Waals surface area contributed by atoms with E-state index in [0.717, 1.165) is 0 Å². The Kier molecular flexibility index (Phi) is 5.06. The average molecular weight is 259 g/mol. The number of methoxy groups -OCH3 is 1. The van der Waals surface area contributed by atoms with Crippen LogP contribution in [0.2, 0.25) is 5.02 Å². The van der Waals surface area contributed by atoms with Gasteiger partial charge in [-0.1, -0.05) is 16.8 Å². The second-order valence-electron chi connectivity index (χ2n) is 3.48. The van der Waals surface area contributed by atoms with E-state index in [1.165, 1.54) is 0 Å². The number of hydrogen-bond acceptors (Lipinski definition) is 4. The van der Waals surface area contributed by atoms with Crippen LogP contribution in [0, 0.1) is 0 Å². The highest BCUT2D eigenvalue weighted by Crippen LogP contribution is 2.23. The molecule has 0 heterocycles. The largest absolute Gasteiger partial charge is 0.490 e. The molecule has 5 nitrogen and oxygen atoms in total. The minimum absolute atomic E-state index is 0.0262. The van der Waals surface area contributed by atoms with Crippen molar-refractivity contribution in [1.29, 1.82) is 0 Å². The number of rotatable bonds is 5. The van der Waals surface area contributed by atoms with Gasteiger partial charge in [-0.15, -0.1) is 0 Å². The van der Waals surface area contributed by atoms with Crippen molar-refractivity contribution < 1.29 is 14.7 Å². The van der Waals surface area contributed by atoms with Gasteiger partial charge in [0.1, 0.15) is 12.4 Å². The molecule has 1 atom stereocenters. The van der Waals surface area contributed by atoms with Gasteiger partial charge >= 0.3 is 0 Å². The van der Waals surface area contributed by atoms with Crippen LogP contribution in [0.4, 0.5) is 0 Å². The number of nitrogens with two attached hydrogens (primary N) is 1. The Morgan fingerprint density at radius 2 is 2.29 bits per heavy atom. The number of oxime groups is 1. The molecular formula is C11H15ClN2O3. The number of amidine groups is 1. The second-order valence-corrected chi connectivity index (χ2v) is 3.92. The van der Waals surface area contributed by atoms with Gasteiger partial charge in [0.25, 0.3) is 0 Å². The van der Waals surface area contributed by atoms with Gasteiger partial charge in [-0.05, 0) is 25.1 Å². The van der Waals surface area contributed by atoms with Gasteiger partial charge in [-0.25, -0.2) is 0 Å². The SMILES string of the molecule is COC(C)COc1cc(Cl)ccc1/C(N)=N/O. The Morgan fingerprint density at radius 3 is 2.88 bits per heavy atom. The minimum atomic E-state index is -0.0610. The van der Waals surface area contributed by atoms with Crippen LogP contribution in [0.3, 0.4) is 0 Å². The van der Waals surface area contributed by atoms with Crippen LogP contribution in [-0.2, 0) is 4.74 Å². The zero-order valence-corrected chi connectivity index (χ0v) is 10.4. The number of hydrogen-bond donors (Lipinski definition) is 2. The summed E-state index contributed by atoms with van der Waals surface area (Å²) in [6.07, 6.45) is -0.0610. The molecule has 0 aliphatic rings. The van der Waals surface area contributed by atoms with Gasteiger partial charge in [0.05, 0.1) is 11.7 Å². The van der Waals surface area contributed by atoms with E-state index in [2.05, 4.69) is 5.16 Å². The van der Waals surface area contributed by atoms with Crippen molar-refractivity contribution >= 4 is 17.4 Å². The van der Waals surface area contributed by atoms with Gasteiger partial charge in [0.2, 0.25) is 0 Å². The van der Waals surface area contributed by atoms with E-state index >= 15 is 0 Å². The van der Waals surface area contributed by atoms with E-state index in [-0.39, 0.29) is 11.9 Å². The molecular weight excluding hydrogens is 244 g/mol. The molecule has 17 heavy (non-hydrogen) atoms. The Balaban J connectivity index is 2.91. The first-order valence-corrected chi connectivity index (χ1v) is 5.39. The lowest BCUT2D eigenvalue weighted by atomic mass is 10.2. The molecule has 1 aromatic carbocycles. The number of nitrogens with zero attached hydrogens (tertiary/aromatic N) is 1. The van der Waals surface area contributed by atoms with E-state index in [4.69, 9.17) is 32.0 Å². The first kappa shape index (κ1) is 13.6. The van der Waals surface area contributed by atoms with Gasteiger partial charge in [-0.2, -0.15) is 0 Å². The predicted molar refractivity (Wildman–Crippen MR) is 65.9 cm³/mol. The predicted octanol–water partition coefficient (Wildman–Crippen LogP) is 1.85. The average Bonchev–Trinajstić information content (AvgIpc) is 2.35. The summed E-state index contributed by atoms with van der Waals surface area (Å²) in [5.41, 5.74) is 6.02. The van der Waals surface area contributed by atoms with Gasteiger partial charge in [0, 0.05) is 12.1 Å². The van der Waals surface area contributed by atoms with Crippen molar-refractivity contribution in [3.8, 4) is 5.75 Å². The Bertz CT molecular complexity index is 410. The first-order chi connectivity index (χ1) is 8.08. The van der Waals surface area contributed by atoms with E-state index in [1.807, 2.05) is 6.92 Å². The van der Waals surface area contributed by atoms with Crippen LogP contribution in [0.5, 0.6) is 5.75 Å². The summed E-state index contributed by atoms with van der Waals surface area (Å²) in [4.78, 5) is 0. The smallest absolute Gasteiger partial charge is 0.173 e. The summed E-state index contributed by atoms with van der Waals surface area (Å²) in [5.74, 6) is 0.429. The summed E-state index contributed by atoms with van der Waals surface area (Å²) < 4.78 is 10.6. The molecule has 6 heteroatoms. The van der Waals surface area contributed by atoms with Gasteiger partial charge in [0.15, 0.2) is 5.84 Å². The summed E-state index contributed by atoms with van der Waals surface area (Å²) in [7, 11) is 1.59. The van der Waals surface area contributed by atoms with Crippen molar-refractivity contribution in [2.45, 2.75) is 13.0 Å². The quantitative estimate of drug-likeness (QED) is 0.366. The molecule has 94 valence electrons. The van der Waals surface area contributed by atoms with E-state index in [0.29, 0.717) is 22.9 Å². The minimum Gasteiger partial charge on any atom is -0.490 e. The molecule has 0 spiro atoms. The Labute approximate surface area is 105 Å². The van der Waals surface area contributed by atoms with Gasteiger partial charge in [-0.3, -0.25) is 0 Å². The van der Waals surface area contributed by atoms with Crippen LogP contribution >= 0.6 is 11.6 Å². The molecule has 0 aliphatic heterocycles. The van der Waals surface area contributed by atoms with Crippen molar-refractivity contribution in [3.63, 3.8) is 0 Å². The van der Waals surface area contributed by atoms with E-state index < -0.39 is 0 Å². The third kappa shape index (κ3) is 3.80. The third-order valence-electron chi connectivity index (χ3n) is 2.20. The molecule has 0 radical (unpaired) electrons. The van der Waals surface area contributed by atoms with Crippen LogP contribution < -0.4 is 10.5 Å². The summed E-state index contributed by atoms with van der Waals surface area (Å²) >= 11 is 5.86. The molecule has 0 fully saturated rings. The topological polar surface area (TPSA) is 77.1 Å². The maximum Gasteiger partial charge on any atom is 0.173 e. The number of benzene rings is 1. The summed E-state index contributed by atoms with van der Waals surface area (Å²) in [5, 5.41) is 12.1. The maximum atomic E-state index is 8.66. The molecule has 1 unspecified atom stereocenters. The van der Waals surface area contributed by atoms with Crippen LogP contribution in [0.1, 0.15) is 12.5 Å². The van der Waals surface area contributed by atoms with Gasteiger partial charge < -0.3 is 20.4 Å². The summed E-state index contributed by atoms with van der Waals surface area (Å²) in [6.45, 7) is 2.22. The monoisotopic (exact) mass is 258 g/mol. The highest BCUT2D eigenvalue weighted by atomic mass is 35.5. The Hall–Kier alpha value is -1.46. The Morgan fingerprint density at radius 1 is 1.59 bits per heavy atom. The van der Waals surface area contributed by atoms with Crippen molar-refractivity contribution in [2.75, 3.05) is 13.7 Å². The molecule has 1 rings (SSSR count). The zero-order valence-electron chi connectivity index (χ0n) is 9.68. The lowest BCUT2D eigenvalue weighted by Crippen LogP contribution is -2.19.